The minimum atomic E-state index is -0.727. The number of hydrogen-bond acceptors (Lipinski definition) is 17. The molecular weight excluding hydrogens is 1260 g/mol. The van der Waals surface area contributed by atoms with Gasteiger partial charge in [0.05, 0.1) is 110 Å². The summed E-state index contributed by atoms with van der Waals surface area (Å²) in [5.41, 5.74) is 1.43. The van der Waals surface area contributed by atoms with Crippen LogP contribution in [0.3, 0.4) is 0 Å². The molecule has 0 saturated carbocycles. The minimum absolute atomic E-state index is 0.00929. The third kappa shape index (κ3) is 87.9. The van der Waals surface area contributed by atoms with Gasteiger partial charge in [-0.2, -0.15) is 0 Å². The van der Waals surface area contributed by atoms with Gasteiger partial charge in [-0.3, -0.25) is 0 Å². The van der Waals surface area contributed by atoms with Crippen LogP contribution in [0.5, 0.6) is 0 Å². The Labute approximate surface area is 613 Å². The number of hydrogen-bond donors (Lipinski definition) is 9. The standard InChI is InChI=1S/C20H42O3.C19H40O4.C13H28O3.C10H22O3.2C10H22O2/c1-8-20(15-21,16-22-13-9-11-18(2,3)4)17-23-14-10-12-19(5,6)7;1-17(2,3)9-7-11-22-15-19(13-20,14-21)16-23-12-8-10-18(4,5)6;1-5-13(9-14,10-15)11-16-8-6-7-12(2,3)4;1-10(2,3)5-4-6-13-8-9(12)7-11;1-9(11)8-12-7-5-6-10(2,3)4;1-9(8-11)12-7-5-6-10(2,3)4/h21H,8-17H2,1-7H3;20-21H,7-16H2,1-6H3;14-15H,5-11H2,1-4H3;9,11-12H,4-8H2,1-3H3;2*9,11H,5-8H2,1-4H3. The Kier molecular flexibility index (Phi) is 66.6. The molecule has 0 aliphatic carbocycles. The highest BCUT2D eigenvalue weighted by atomic mass is 16.5. The molecule has 0 aliphatic heterocycles. The van der Waals surface area contributed by atoms with Crippen LogP contribution in [0.25, 0.3) is 0 Å². The van der Waals surface area contributed by atoms with E-state index in [1.807, 2.05) is 13.8 Å². The van der Waals surface area contributed by atoms with Crippen LogP contribution in [0.4, 0.5) is 0 Å². The van der Waals surface area contributed by atoms with E-state index in [0.717, 1.165) is 129 Å². The molecule has 3 atom stereocenters. The van der Waals surface area contributed by atoms with Crippen molar-refractivity contribution in [1.29, 1.82) is 0 Å². The van der Waals surface area contributed by atoms with Crippen LogP contribution in [-0.4, -0.2) is 210 Å². The zero-order valence-corrected chi connectivity index (χ0v) is 70.8. The van der Waals surface area contributed by atoms with Crippen LogP contribution in [0.15, 0.2) is 0 Å². The summed E-state index contributed by atoms with van der Waals surface area (Å²) in [6.45, 7) is 69.5. The van der Waals surface area contributed by atoms with Gasteiger partial charge in [-0.15, -0.1) is 0 Å². The molecule has 0 rings (SSSR count). The molecule has 0 radical (unpaired) electrons. The Bertz CT molecular complexity index is 1560. The fourth-order valence-electron chi connectivity index (χ4n) is 9.03. The monoisotopic (exact) mass is 1430 g/mol. The molecular formula is C82H176O17. The topological polar surface area (TPSA) is 256 Å². The normalized spacial score (nSPS) is 13.9. The average molecular weight is 1430 g/mol. The molecule has 0 aliphatic rings. The van der Waals surface area contributed by atoms with Crippen molar-refractivity contribution in [2.75, 3.05) is 145 Å². The van der Waals surface area contributed by atoms with E-state index in [2.05, 4.69) is 173 Å². The first-order valence-corrected chi connectivity index (χ1v) is 38.6. The smallest absolute Gasteiger partial charge is 0.100 e. The lowest BCUT2D eigenvalue weighted by molar-refractivity contribution is -0.0785. The van der Waals surface area contributed by atoms with Gasteiger partial charge < -0.3 is 83.9 Å². The summed E-state index contributed by atoms with van der Waals surface area (Å²) in [7, 11) is 0. The Morgan fingerprint density at radius 2 is 0.475 bits per heavy atom. The van der Waals surface area contributed by atoms with Gasteiger partial charge >= 0.3 is 0 Å². The number of aliphatic hydroxyl groups is 9. The molecule has 0 amide bonds. The fraction of sp³-hybridized carbons (Fsp3) is 1.00. The minimum Gasteiger partial charge on any atom is -0.396 e. The van der Waals surface area contributed by atoms with Crippen molar-refractivity contribution in [3.8, 4) is 0 Å². The largest absolute Gasteiger partial charge is 0.396 e. The maximum Gasteiger partial charge on any atom is 0.100 e. The lowest BCUT2D eigenvalue weighted by Gasteiger charge is -2.30. The number of rotatable bonds is 48. The van der Waals surface area contributed by atoms with E-state index in [4.69, 9.17) is 58.3 Å². The van der Waals surface area contributed by atoms with Crippen LogP contribution in [0.2, 0.25) is 0 Å². The number of aliphatic hydroxyl groups excluding tert-OH is 9. The molecule has 0 heterocycles. The van der Waals surface area contributed by atoms with E-state index >= 15 is 0 Å². The Morgan fingerprint density at radius 1 is 0.263 bits per heavy atom. The Balaban J connectivity index is -0.000000268. The molecule has 0 spiro atoms. The summed E-state index contributed by atoms with van der Waals surface area (Å²) in [4.78, 5) is 0. The van der Waals surface area contributed by atoms with Crippen molar-refractivity contribution in [2.24, 2.45) is 59.6 Å². The van der Waals surface area contributed by atoms with Crippen molar-refractivity contribution in [2.45, 2.75) is 328 Å². The predicted molar refractivity (Wildman–Crippen MR) is 416 cm³/mol. The van der Waals surface area contributed by atoms with Gasteiger partial charge in [0.1, 0.15) is 6.10 Å². The van der Waals surface area contributed by atoms with Gasteiger partial charge in [0.2, 0.25) is 0 Å². The van der Waals surface area contributed by atoms with Gasteiger partial charge in [0.15, 0.2) is 0 Å². The van der Waals surface area contributed by atoms with Crippen molar-refractivity contribution in [3.05, 3.63) is 0 Å². The lowest BCUT2D eigenvalue weighted by atomic mass is 9.88. The first-order valence-electron chi connectivity index (χ1n) is 38.6. The molecule has 3 unspecified atom stereocenters. The van der Waals surface area contributed by atoms with Crippen molar-refractivity contribution < 1.29 is 83.9 Å². The first kappa shape index (κ1) is 109. The third-order valence-corrected chi connectivity index (χ3v) is 16.3. The molecule has 0 aromatic heterocycles. The summed E-state index contributed by atoms with van der Waals surface area (Å²) in [5, 5.41) is 82.5. The lowest BCUT2D eigenvalue weighted by Crippen LogP contribution is -2.40. The van der Waals surface area contributed by atoms with E-state index in [1.54, 1.807) is 6.92 Å². The van der Waals surface area contributed by atoms with E-state index in [1.165, 1.54) is 12.8 Å². The average Bonchev–Trinajstić information content (AvgIpc) is 0.902. The van der Waals surface area contributed by atoms with Crippen LogP contribution in [0.1, 0.15) is 309 Å². The van der Waals surface area contributed by atoms with Crippen LogP contribution >= 0.6 is 0 Å². The van der Waals surface area contributed by atoms with Crippen molar-refractivity contribution >= 4 is 0 Å². The van der Waals surface area contributed by atoms with Crippen LogP contribution in [-0.2, 0) is 37.9 Å². The van der Waals surface area contributed by atoms with E-state index in [0.29, 0.717) is 109 Å². The van der Waals surface area contributed by atoms with Crippen molar-refractivity contribution in [1.82, 2.24) is 0 Å². The second-order valence-electron chi connectivity index (χ2n) is 38.3. The van der Waals surface area contributed by atoms with Gasteiger partial charge in [0, 0.05) is 63.7 Å². The summed E-state index contributed by atoms with van der Waals surface area (Å²) < 4.78 is 44.4. The Hall–Kier alpha value is -0.680. The van der Waals surface area contributed by atoms with Gasteiger partial charge in [-0.1, -0.05) is 180 Å². The summed E-state index contributed by atoms with van der Waals surface area (Å²) in [6.07, 6.45) is 18.0. The quantitative estimate of drug-likeness (QED) is 0.0257. The van der Waals surface area contributed by atoms with Crippen LogP contribution < -0.4 is 0 Å². The summed E-state index contributed by atoms with van der Waals surface area (Å²) >= 11 is 0. The van der Waals surface area contributed by atoms with Crippen molar-refractivity contribution in [3.63, 3.8) is 0 Å². The van der Waals surface area contributed by atoms with Gasteiger partial charge in [-0.25, -0.2) is 0 Å². The van der Waals surface area contributed by atoms with E-state index < -0.39 is 16.9 Å². The second-order valence-corrected chi connectivity index (χ2v) is 38.3. The zero-order valence-electron chi connectivity index (χ0n) is 70.8. The molecule has 17 nitrogen and oxygen atoms in total. The summed E-state index contributed by atoms with van der Waals surface area (Å²) in [6, 6.07) is 0. The second kappa shape index (κ2) is 60.3. The van der Waals surface area contributed by atoms with Gasteiger partial charge in [0.25, 0.3) is 0 Å². The highest BCUT2D eigenvalue weighted by Gasteiger charge is 2.31. The molecule has 9 N–H and O–H groups in total. The molecule has 0 aromatic carbocycles. The highest BCUT2D eigenvalue weighted by molar-refractivity contribution is 4.79. The molecule has 0 bridgehead atoms. The van der Waals surface area contributed by atoms with Crippen LogP contribution in [0, 0.1) is 59.6 Å². The first-order chi connectivity index (χ1) is 45.3. The maximum atomic E-state index is 9.79. The molecule has 17 heteroatoms. The Morgan fingerprint density at radius 3 is 0.677 bits per heavy atom. The molecule has 0 saturated heterocycles. The zero-order chi connectivity index (χ0) is 78.2. The molecule has 0 aromatic rings. The SMILES string of the molecule is CC(C)(C)CCCOCC(CO)(CO)COCCCC(C)(C)C.CC(C)(C)CCCOCC(O)CO.CC(CO)OCCCC(C)(C)C.CC(O)COCCCC(C)(C)C.CCC(CO)(CO)COCCCC(C)(C)C.CCC(CO)(COCCCC(C)(C)C)COCCCC(C)(C)C. The molecule has 99 heavy (non-hydrogen) atoms. The van der Waals surface area contributed by atoms with Gasteiger partial charge in [-0.05, 0) is 173 Å². The van der Waals surface area contributed by atoms with E-state index in [-0.39, 0.29) is 70.5 Å². The third-order valence-electron chi connectivity index (χ3n) is 16.3. The van der Waals surface area contributed by atoms with E-state index in [9.17, 15) is 25.5 Å². The summed E-state index contributed by atoms with van der Waals surface area (Å²) in [5.74, 6) is 0. The highest BCUT2D eigenvalue weighted by Crippen LogP contribution is 2.29. The maximum absolute atomic E-state index is 9.79. The predicted octanol–water partition coefficient (Wildman–Crippen LogP) is 16.5. The molecule has 606 valence electrons. The molecule has 0 fully saturated rings. The fourth-order valence-corrected chi connectivity index (χ4v) is 9.03. The number of ether oxygens (including phenoxy) is 8.